The molecule has 1 amide bonds. The van der Waals surface area contributed by atoms with Gasteiger partial charge in [0.05, 0.1) is 13.7 Å². The van der Waals surface area contributed by atoms with E-state index in [0.717, 1.165) is 29.5 Å². The Kier molecular flexibility index (Phi) is 10.9. The third-order valence-corrected chi connectivity index (χ3v) is 6.82. The Bertz CT molecular complexity index is 1310. The number of amides is 1. The standard InChI is InChI=1S/C33H39N3O5/c1-3-4-21-34-36-32(38)33(20-9-13-25-11-6-5-7-12-25)30(27-14-8-15-29(24-27)39-2)41-31(35-33)26-16-18-28(19-17-26)40-23-10-22-37/h5-9,11-19,24,30,34,37H,3-4,10,20-23H2,1-2H3,(H,36,38)/b13-9+/t30-,33-/m0/s1. The smallest absolute Gasteiger partial charge is 0.266 e. The molecule has 8 heteroatoms. The lowest BCUT2D eigenvalue weighted by molar-refractivity contribution is -0.129. The van der Waals surface area contributed by atoms with Gasteiger partial charge in [-0.15, -0.1) is 0 Å². The molecule has 0 bridgehead atoms. The average Bonchev–Trinajstić information content (AvgIpc) is 3.41. The summed E-state index contributed by atoms with van der Waals surface area (Å²) in [5, 5.41) is 9.02. The van der Waals surface area contributed by atoms with Gasteiger partial charge in [-0.25, -0.2) is 10.4 Å². The summed E-state index contributed by atoms with van der Waals surface area (Å²) in [5.74, 6) is 1.44. The first-order valence-electron chi connectivity index (χ1n) is 14.1. The average molecular weight is 558 g/mol. The third kappa shape index (κ3) is 7.74. The zero-order chi connectivity index (χ0) is 28.9. The Hall–Kier alpha value is -4.14. The molecule has 0 radical (unpaired) electrons. The fourth-order valence-corrected chi connectivity index (χ4v) is 4.57. The molecular formula is C33H39N3O5. The summed E-state index contributed by atoms with van der Waals surface area (Å²) in [5.41, 5.74) is 7.23. The number of hydrogen-bond acceptors (Lipinski definition) is 7. The first-order chi connectivity index (χ1) is 20.1. The number of hydrazine groups is 1. The van der Waals surface area contributed by atoms with E-state index in [0.29, 0.717) is 43.4 Å². The zero-order valence-corrected chi connectivity index (χ0v) is 23.7. The molecule has 0 aliphatic carbocycles. The Morgan fingerprint density at radius 2 is 1.85 bits per heavy atom. The van der Waals surface area contributed by atoms with E-state index in [9.17, 15) is 4.79 Å². The summed E-state index contributed by atoms with van der Waals surface area (Å²) < 4.78 is 17.7. The highest BCUT2D eigenvalue weighted by molar-refractivity contribution is 6.01. The van der Waals surface area contributed by atoms with Gasteiger partial charge in [0.15, 0.2) is 11.6 Å². The van der Waals surface area contributed by atoms with Gasteiger partial charge in [-0.1, -0.05) is 68.0 Å². The van der Waals surface area contributed by atoms with Crippen LogP contribution in [0.15, 0.2) is 89.9 Å². The number of aliphatic hydroxyl groups excluding tert-OH is 1. The Labute approximate surface area is 242 Å². The quantitative estimate of drug-likeness (QED) is 0.175. The molecule has 1 heterocycles. The highest BCUT2D eigenvalue weighted by Crippen LogP contribution is 2.43. The summed E-state index contributed by atoms with van der Waals surface area (Å²) in [6, 6.07) is 24.9. The fraction of sp³-hybridized carbons (Fsp3) is 0.333. The zero-order valence-electron chi connectivity index (χ0n) is 23.7. The maximum Gasteiger partial charge on any atom is 0.266 e. The maximum atomic E-state index is 14.0. The van der Waals surface area contributed by atoms with E-state index in [1.807, 2.05) is 91.0 Å². The second-order valence-electron chi connectivity index (χ2n) is 9.82. The molecule has 2 atom stereocenters. The van der Waals surface area contributed by atoms with Crippen molar-refractivity contribution in [3.8, 4) is 11.5 Å². The van der Waals surface area contributed by atoms with E-state index in [1.165, 1.54) is 0 Å². The lowest BCUT2D eigenvalue weighted by atomic mass is 9.84. The number of aliphatic hydroxyl groups is 1. The molecule has 0 fully saturated rings. The van der Waals surface area contributed by atoms with Crippen LogP contribution in [0.25, 0.3) is 6.08 Å². The van der Waals surface area contributed by atoms with Crippen molar-refractivity contribution in [2.24, 2.45) is 4.99 Å². The second-order valence-corrected chi connectivity index (χ2v) is 9.82. The van der Waals surface area contributed by atoms with Gasteiger partial charge < -0.3 is 19.3 Å². The number of aliphatic imine (C=N–C) groups is 1. The van der Waals surface area contributed by atoms with Crippen LogP contribution >= 0.6 is 0 Å². The van der Waals surface area contributed by atoms with Crippen LogP contribution in [0.2, 0.25) is 0 Å². The van der Waals surface area contributed by atoms with E-state index in [1.54, 1.807) is 7.11 Å². The summed E-state index contributed by atoms with van der Waals surface area (Å²) in [6.07, 6.45) is 6.05. The summed E-state index contributed by atoms with van der Waals surface area (Å²) in [7, 11) is 1.61. The molecule has 1 aliphatic heterocycles. The number of nitrogens with one attached hydrogen (secondary N) is 2. The lowest BCUT2D eigenvalue weighted by Crippen LogP contribution is -2.52. The number of methoxy groups -OCH3 is 1. The first-order valence-corrected chi connectivity index (χ1v) is 14.1. The van der Waals surface area contributed by atoms with Crippen molar-refractivity contribution < 1.29 is 24.1 Å². The summed E-state index contributed by atoms with van der Waals surface area (Å²) in [6.45, 7) is 3.25. The molecule has 0 saturated carbocycles. The van der Waals surface area contributed by atoms with Crippen LogP contribution < -0.4 is 20.3 Å². The van der Waals surface area contributed by atoms with Crippen LogP contribution in [0, 0.1) is 0 Å². The molecule has 3 aromatic rings. The van der Waals surface area contributed by atoms with Gasteiger partial charge in [0.25, 0.3) is 5.91 Å². The van der Waals surface area contributed by atoms with E-state index in [-0.39, 0.29) is 12.5 Å². The Morgan fingerprint density at radius 1 is 1.05 bits per heavy atom. The van der Waals surface area contributed by atoms with E-state index < -0.39 is 11.6 Å². The van der Waals surface area contributed by atoms with Crippen LogP contribution in [-0.2, 0) is 9.53 Å². The minimum Gasteiger partial charge on any atom is -0.497 e. The van der Waals surface area contributed by atoms with Crippen LogP contribution in [0.3, 0.4) is 0 Å². The SMILES string of the molecule is CCCCNNC(=O)[C@@]1(C/C=C/c2ccccc2)N=C(c2ccc(OCCCO)cc2)O[C@H]1c1cccc(OC)c1. The van der Waals surface area contributed by atoms with E-state index >= 15 is 0 Å². The lowest BCUT2D eigenvalue weighted by Gasteiger charge is -2.30. The molecule has 0 saturated heterocycles. The number of hydrogen-bond donors (Lipinski definition) is 3. The van der Waals surface area contributed by atoms with Crippen molar-refractivity contribution >= 4 is 17.9 Å². The van der Waals surface area contributed by atoms with Crippen molar-refractivity contribution in [1.29, 1.82) is 0 Å². The molecule has 0 aromatic heterocycles. The summed E-state index contributed by atoms with van der Waals surface area (Å²) in [4.78, 5) is 19.0. The predicted octanol–water partition coefficient (Wildman–Crippen LogP) is 5.24. The van der Waals surface area contributed by atoms with E-state index in [4.69, 9.17) is 24.3 Å². The van der Waals surface area contributed by atoms with Gasteiger partial charge in [-0.05, 0) is 53.9 Å². The Balaban J connectivity index is 1.72. The van der Waals surface area contributed by atoms with Crippen molar-refractivity contribution in [3.05, 3.63) is 102 Å². The second kappa shape index (κ2) is 15.0. The van der Waals surface area contributed by atoms with Crippen LogP contribution in [0.5, 0.6) is 11.5 Å². The van der Waals surface area contributed by atoms with Crippen LogP contribution in [0.4, 0.5) is 0 Å². The molecule has 3 N–H and O–H groups in total. The van der Waals surface area contributed by atoms with Crippen LogP contribution in [0.1, 0.15) is 55.4 Å². The molecule has 216 valence electrons. The van der Waals surface area contributed by atoms with Crippen molar-refractivity contribution in [3.63, 3.8) is 0 Å². The number of ether oxygens (including phenoxy) is 3. The number of nitrogens with zero attached hydrogens (tertiary/aromatic N) is 1. The molecule has 8 nitrogen and oxygen atoms in total. The topological polar surface area (TPSA) is 101 Å². The minimum absolute atomic E-state index is 0.0740. The Morgan fingerprint density at radius 3 is 2.59 bits per heavy atom. The highest BCUT2D eigenvalue weighted by atomic mass is 16.5. The predicted molar refractivity (Wildman–Crippen MR) is 161 cm³/mol. The minimum atomic E-state index is -1.29. The number of rotatable bonds is 15. The van der Waals surface area contributed by atoms with E-state index in [2.05, 4.69) is 17.8 Å². The van der Waals surface area contributed by atoms with Crippen LogP contribution in [-0.4, -0.2) is 49.3 Å². The fourth-order valence-electron chi connectivity index (χ4n) is 4.57. The number of unbranched alkanes of at least 4 members (excludes halogenated alkanes) is 1. The van der Waals surface area contributed by atoms with Gasteiger partial charge in [0.1, 0.15) is 11.5 Å². The molecule has 0 unspecified atom stereocenters. The van der Waals surface area contributed by atoms with Gasteiger partial charge >= 0.3 is 0 Å². The first kappa shape index (κ1) is 29.8. The largest absolute Gasteiger partial charge is 0.497 e. The van der Waals surface area contributed by atoms with Gasteiger partial charge in [0, 0.05) is 31.6 Å². The molecule has 41 heavy (non-hydrogen) atoms. The number of carbonyl (C=O) groups excluding carboxylic acids is 1. The van der Waals surface area contributed by atoms with Crippen molar-refractivity contribution in [2.45, 2.75) is 44.2 Å². The number of carbonyl (C=O) groups is 1. The van der Waals surface area contributed by atoms with Crippen molar-refractivity contribution in [2.75, 3.05) is 26.9 Å². The van der Waals surface area contributed by atoms with Gasteiger partial charge in [-0.2, -0.15) is 0 Å². The monoisotopic (exact) mass is 557 g/mol. The van der Waals surface area contributed by atoms with Gasteiger partial charge in [0.2, 0.25) is 5.90 Å². The normalized spacial score (nSPS) is 18.1. The molecule has 3 aromatic carbocycles. The maximum absolute atomic E-state index is 14.0. The molecule has 0 spiro atoms. The summed E-state index contributed by atoms with van der Waals surface area (Å²) >= 11 is 0. The third-order valence-electron chi connectivity index (χ3n) is 6.82. The highest BCUT2D eigenvalue weighted by Gasteiger charge is 2.52. The molecule has 4 rings (SSSR count). The number of benzene rings is 3. The molecular weight excluding hydrogens is 518 g/mol. The molecule has 1 aliphatic rings. The van der Waals surface area contributed by atoms with Crippen molar-refractivity contribution in [1.82, 2.24) is 10.9 Å². The van der Waals surface area contributed by atoms with Gasteiger partial charge in [-0.3, -0.25) is 10.2 Å².